The number of nitrogens with zero attached hydrogens (tertiary/aromatic N) is 2. The van der Waals surface area contributed by atoms with E-state index < -0.39 is 5.82 Å². The van der Waals surface area contributed by atoms with Crippen molar-refractivity contribution < 1.29 is 13.9 Å². The summed E-state index contributed by atoms with van der Waals surface area (Å²) in [6, 6.07) is 13.9. The predicted octanol–water partition coefficient (Wildman–Crippen LogP) is 5.46. The molecule has 5 aromatic rings. The monoisotopic (exact) mass is 499 g/mol. The zero-order valence-electron chi connectivity index (χ0n) is 21.2. The maximum Gasteiger partial charge on any atom is 0.274 e. The molecule has 37 heavy (non-hydrogen) atoms. The van der Waals surface area contributed by atoms with Gasteiger partial charge in [-0.05, 0) is 43.2 Å². The van der Waals surface area contributed by atoms with Crippen LogP contribution < -0.4 is 20.6 Å². The largest absolute Gasteiger partial charge is 0.494 e. The molecule has 0 unspecified atom stereocenters. The number of aryl methyl sites for hydroxylation is 4. The Morgan fingerprint density at radius 1 is 0.838 bits per heavy atom. The van der Waals surface area contributed by atoms with Gasteiger partial charge in [0.2, 0.25) is 0 Å². The van der Waals surface area contributed by atoms with Gasteiger partial charge >= 0.3 is 0 Å². The van der Waals surface area contributed by atoms with Crippen molar-refractivity contribution in [3.8, 4) is 39.6 Å². The van der Waals surface area contributed by atoms with Gasteiger partial charge in [0, 0.05) is 54.1 Å². The van der Waals surface area contributed by atoms with Crippen molar-refractivity contribution in [1.29, 1.82) is 0 Å². The fraction of sp³-hybridized carbons (Fsp3) is 0.172. The van der Waals surface area contributed by atoms with Crippen LogP contribution in [-0.4, -0.2) is 21.2 Å². The van der Waals surface area contributed by atoms with E-state index in [4.69, 9.17) is 9.47 Å². The summed E-state index contributed by atoms with van der Waals surface area (Å²) in [6.07, 6.45) is 3.30. The summed E-state index contributed by atoms with van der Waals surface area (Å²) in [6.45, 7) is 3.91. The van der Waals surface area contributed by atoms with Crippen LogP contribution in [0.15, 0.2) is 70.5 Å². The molecule has 0 aliphatic rings. The highest BCUT2D eigenvalue weighted by Crippen LogP contribution is 2.39. The van der Waals surface area contributed by atoms with Crippen LogP contribution in [0.1, 0.15) is 11.1 Å². The second-order valence-electron chi connectivity index (χ2n) is 9.08. The number of nitrogens with one attached hydrogen (secondary N) is 1. The molecule has 5 rings (SSSR count). The van der Waals surface area contributed by atoms with Gasteiger partial charge in [-0.25, -0.2) is 4.39 Å². The molecule has 0 aliphatic carbocycles. The minimum absolute atomic E-state index is 0.0973. The Kier molecular flexibility index (Phi) is 5.95. The number of ether oxygens (including phenoxy) is 2. The number of methoxy groups -OCH3 is 1. The van der Waals surface area contributed by atoms with Gasteiger partial charge in [-0.2, -0.15) is 0 Å². The molecule has 0 amide bonds. The second-order valence-corrected chi connectivity index (χ2v) is 9.08. The number of H-pyrrole nitrogens is 1. The zero-order valence-corrected chi connectivity index (χ0v) is 21.2. The quantitative estimate of drug-likeness (QED) is 0.349. The van der Waals surface area contributed by atoms with Crippen LogP contribution in [0.25, 0.3) is 33.3 Å². The van der Waals surface area contributed by atoms with Crippen molar-refractivity contribution in [2.45, 2.75) is 13.8 Å². The van der Waals surface area contributed by atoms with Crippen LogP contribution in [0.2, 0.25) is 0 Å². The lowest BCUT2D eigenvalue weighted by molar-refractivity contribution is 0.387. The Hall–Kier alpha value is -4.59. The first kappa shape index (κ1) is 24.1. The summed E-state index contributed by atoms with van der Waals surface area (Å²) < 4.78 is 29.5. The van der Waals surface area contributed by atoms with Crippen molar-refractivity contribution in [2.24, 2.45) is 14.1 Å². The molecule has 0 saturated carbocycles. The molecular formula is C29H26FN3O4. The van der Waals surface area contributed by atoms with Gasteiger partial charge in [0.05, 0.1) is 13.3 Å². The Bertz CT molecular complexity index is 1780. The zero-order chi connectivity index (χ0) is 26.4. The van der Waals surface area contributed by atoms with Gasteiger partial charge in [0.15, 0.2) is 17.3 Å². The minimum atomic E-state index is -0.539. The third-order valence-corrected chi connectivity index (χ3v) is 6.54. The lowest BCUT2D eigenvalue weighted by Crippen LogP contribution is -2.18. The maximum atomic E-state index is 15.1. The normalized spacial score (nSPS) is 11.2. The molecule has 0 atom stereocenters. The number of benzene rings is 2. The number of pyridine rings is 2. The molecule has 3 heterocycles. The van der Waals surface area contributed by atoms with Crippen molar-refractivity contribution in [2.75, 3.05) is 7.11 Å². The molecule has 0 radical (unpaired) electrons. The number of fused-ring (bicyclic) bond motifs is 1. The molecular weight excluding hydrogens is 473 g/mol. The average Bonchev–Trinajstić information content (AvgIpc) is 3.31. The maximum absolute atomic E-state index is 15.1. The van der Waals surface area contributed by atoms with E-state index in [1.165, 1.54) is 28.4 Å². The summed E-state index contributed by atoms with van der Waals surface area (Å²) in [5.74, 6) is 0.703. The molecule has 2 aromatic carbocycles. The van der Waals surface area contributed by atoms with Crippen molar-refractivity contribution in [3.63, 3.8) is 0 Å². The van der Waals surface area contributed by atoms with E-state index in [-0.39, 0.29) is 27.9 Å². The average molecular weight is 500 g/mol. The van der Waals surface area contributed by atoms with E-state index in [0.29, 0.717) is 33.7 Å². The molecule has 0 bridgehead atoms. The van der Waals surface area contributed by atoms with Gasteiger partial charge < -0.3 is 23.6 Å². The highest BCUT2D eigenvalue weighted by molar-refractivity contribution is 5.98. The molecule has 0 spiro atoms. The number of rotatable bonds is 5. The minimum Gasteiger partial charge on any atom is -0.494 e. The van der Waals surface area contributed by atoms with Crippen LogP contribution in [0, 0.1) is 19.7 Å². The summed E-state index contributed by atoms with van der Waals surface area (Å²) in [5.41, 5.74) is 3.46. The first-order chi connectivity index (χ1) is 17.7. The van der Waals surface area contributed by atoms with E-state index in [9.17, 15) is 9.59 Å². The van der Waals surface area contributed by atoms with Gasteiger partial charge in [0.1, 0.15) is 11.3 Å². The van der Waals surface area contributed by atoms with E-state index >= 15 is 4.39 Å². The van der Waals surface area contributed by atoms with E-state index in [1.807, 2.05) is 32.0 Å². The summed E-state index contributed by atoms with van der Waals surface area (Å²) in [4.78, 5) is 28.9. The second kappa shape index (κ2) is 9.13. The molecule has 7 nitrogen and oxygen atoms in total. The van der Waals surface area contributed by atoms with E-state index in [0.717, 1.165) is 11.1 Å². The molecule has 8 heteroatoms. The van der Waals surface area contributed by atoms with Crippen molar-refractivity contribution in [3.05, 3.63) is 98.6 Å². The summed E-state index contributed by atoms with van der Waals surface area (Å²) in [7, 11) is 4.68. The van der Waals surface area contributed by atoms with Crippen LogP contribution >= 0.6 is 0 Å². The fourth-order valence-electron chi connectivity index (χ4n) is 4.54. The highest BCUT2D eigenvalue weighted by atomic mass is 19.1. The van der Waals surface area contributed by atoms with Crippen LogP contribution in [0.5, 0.6) is 17.2 Å². The highest BCUT2D eigenvalue weighted by Gasteiger charge is 2.20. The van der Waals surface area contributed by atoms with Crippen molar-refractivity contribution >= 4 is 10.9 Å². The number of hydrogen-bond acceptors (Lipinski definition) is 4. The van der Waals surface area contributed by atoms with Crippen molar-refractivity contribution in [1.82, 2.24) is 14.1 Å². The third-order valence-electron chi connectivity index (χ3n) is 6.54. The molecule has 188 valence electrons. The molecule has 0 saturated heterocycles. The Labute approximate surface area is 212 Å². The van der Waals surface area contributed by atoms with Crippen LogP contribution in [-0.2, 0) is 14.1 Å². The van der Waals surface area contributed by atoms with Crippen LogP contribution in [0.3, 0.4) is 0 Å². The number of halogens is 1. The number of aromatic nitrogens is 3. The van der Waals surface area contributed by atoms with Gasteiger partial charge in [-0.3, -0.25) is 9.59 Å². The predicted molar refractivity (Wildman–Crippen MR) is 142 cm³/mol. The number of hydrogen-bond donors (Lipinski definition) is 1. The first-order valence-corrected chi connectivity index (χ1v) is 11.7. The van der Waals surface area contributed by atoms with Gasteiger partial charge in [-0.1, -0.05) is 24.3 Å². The summed E-state index contributed by atoms with van der Waals surface area (Å²) >= 11 is 0. The van der Waals surface area contributed by atoms with Gasteiger partial charge in [-0.15, -0.1) is 0 Å². The molecule has 0 aliphatic heterocycles. The Morgan fingerprint density at radius 3 is 2.24 bits per heavy atom. The Morgan fingerprint density at radius 2 is 1.54 bits per heavy atom. The van der Waals surface area contributed by atoms with E-state index in [1.54, 1.807) is 44.7 Å². The summed E-state index contributed by atoms with van der Waals surface area (Å²) in [5, 5.41) is 0.542. The lowest BCUT2D eigenvalue weighted by atomic mass is 10.0. The topological polar surface area (TPSA) is 78.2 Å². The standard InChI is InChI=1S/C29H26FN3O4/c1-16-8-6-9-17(2)28(16)37-24-15-32(3)25(34)13-19(24)21-14-33(4)29(35)27-20(21)12-22(31-27)18-10-7-11-23(36-5)26(18)30/h6-15,31H,1-5H3. The molecule has 3 aromatic heterocycles. The fourth-order valence-corrected chi connectivity index (χ4v) is 4.54. The third kappa shape index (κ3) is 4.10. The molecule has 1 N–H and O–H groups in total. The van der Waals surface area contributed by atoms with Crippen LogP contribution in [0.4, 0.5) is 4.39 Å². The number of para-hydroxylation sites is 1. The lowest BCUT2D eigenvalue weighted by Gasteiger charge is -2.17. The number of aromatic amines is 1. The Balaban J connectivity index is 1.78. The molecule has 0 fully saturated rings. The SMILES string of the molecule is COc1cccc(-c2cc3c(-c4cc(=O)n(C)cc4Oc4c(C)cccc4C)cn(C)c(=O)c3[nH]2)c1F. The first-order valence-electron chi connectivity index (χ1n) is 11.7. The van der Waals surface area contributed by atoms with E-state index in [2.05, 4.69) is 4.98 Å². The van der Waals surface area contributed by atoms with Gasteiger partial charge in [0.25, 0.3) is 11.1 Å². The smallest absolute Gasteiger partial charge is 0.274 e.